The number of nitrogens with one attached hydrogen (secondary N) is 1. The van der Waals surface area contributed by atoms with Crippen molar-refractivity contribution in [3.8, 4) is 0 Å². The first kappa shape index (κ1) is 22.5. The first-order valence-electron chi connectivity index (χ1n) is 8.06. The molecule has 0 bridgehead atoms. The Kier molecular flexibility index (Phi) is 10.4. The van der Waals surface area contributed by atoms with Crippen molar-refractivity contribution < 1.29 is 23.1 Å². The number of ether oxygens (including phenoxy) is 1. The topological polar surface area (TPSA) is 55.4 Å². The van der Waals surface area contributed by atoms with Gasteiger partial charge in [0, 0.05) is 19.3 Å². The second-order valence-corrected chi connectivity index (χ2v) is 6.25. The Hall–Kier alpha value is -1.50. The Bertz CT molecular complexity index is 522. The van der Waals surface area contributed by atoms with Gasteiger partial charge in [0.15, 0.2) is 0 Å². The number of amides is 1. The van der Waals surface area contributed by atoms with Gasteiger partial charge >= 0.3 is 5.97 Å². The van der Waals surface area contributed by atoms with Crippen LogP contribution in [0.2, 0.25) is 0 Å². The van der Waals surface area contributed by atoms with Gasteiger partial charge in [-0.05, 0) is 17.9 Å². The fourth-order valence-corrected chi connectivity index (χ4v) is 2.85. The van der Waals surface area contributed by atoms with Crippen molar-refractivity contribution >= 4 is 28.9 Å². The van der Waals surface area contributed by atoms with Crippen LogP contribution in [0.5, 0.6) is 0 Å². The third kappa shape index (κ3) is 7.86. The molecule has 0 aliphatic heterocycles. The molecular weight excluding hydrogens is 336 g/mol. The number of hydrogen-bond acceptors (Lipinski definition) is 4. The van der Waals surface area contributed by atoms with Crippen LogP contribution in [0.15, 0.2) is 5.38 Å². The molecule has 0 aliphatic carbocycles. The molecule has 1 aromatic rings. The Morgan fingerprint density at radius 3 is 2.17 bits per heavy atom. The van der Waals surface area contributed by atoms with Crippen molar-refractivity contribution in [2.24, 2.45) is 0 Å². The molecule has 138 valence electrons. The Morgan fingerprint density at radius 2 is 1.75 bits per heavy atom. The van der Waals surface area contributed by atoms with Crippen molar-refractivity contribution in [2.45, 2.75) is 65.7 Å². The second-order valence-electron chi connectivity index (χ2n) is 5.37. The van der Waals surface area contributed by atoms with Crippen LogP contribution < -0.4 is 5.32 Å². The van der Waals surface area contributed by atoms with Crippen LogP contribution in [0.1, 0.15) is 68.1 Å². The molecule has 7 heteroatoms. The second kappa shape index (κ2) is 11.1. The van der Waals surface area contributed by atoms with Gasteiger partial charge in [-0.15, -0.1) is 11.3 Å². The monoisotopic (exact) mass is 363 g/mol. The molecule has 1 rings (SSSR count). The number of esters is 1. The van der Waals surface area contributed by atoms with E-state index in [0.29, 0.717) is 29.8 Å². The van der Waals surface area contributed by atoms with Crippen molar-refractivity contribution in [3.63, 3.8) is 0 Å². The maximum atomic E-state index is 12.4. The molecule has 0 atom stereocenters. The molecule has 0 unspecified atom stereocenters. The zero-order valence-corrected chi connectivity index (χ0v) is 15.8. The molecule has 4 nitrogen and oxygen atoms in total. The summed E-state index contributed by atoms with van der Waals surface area (Å²) in [6.07, 6.45) is 1.62. The van der Waals surface area contributed by atoms with Crippen LogP contribution in [0.25, 0.3) is 0 Å². The summed E-state index contributed by atoms with van der Waals surface area (Å²) in [5.74, 6) is -2.93. The van der Waals surface area contributed by atoms with Crippen LogP contribution in [-0.4, -0.2) is 24.9 Å². The van der Waals surface area contributed by atoms with Gasteiger partial charge in [-0.25, -0.2) is 13.6 Å². The number of thiophene rings is 1. The number of rotatable bonds is 7. The van der Waals surface area contributed by atoms with Crippen molar-refractivity contribution in [1.82, 2.24) is 0 Å². The Labute approximate surface area is 146 Å². The summed E-state index contributed by atoms with van der Waals surface area (Å²) < 4.78 is 29.5. The molecule has 0 aromatic carbocycles. The smallest absolute Gasteiger partial charge is 0.350 e. The lowest BCUT2D eigenvalue weighted by Crippen LogP contribution is -2.14. The molecule has 0 fully saturated rings. The summed E-state index contributed by atoms with van der Waals surface area (Å²) >= 11 is 1.27. The molecule has 0 spiro atoms. The number of alkyl halides is 2. The zero-order valence-electron chi connectivity index (χ0n) is 15.0. The predicted octanol–water partition coefficient (Wildman–Crippen LogP) is 5.41. The van der Waals surface area contributed by atoms with Gasteiger partial charge in [-0.3, -0.25) is 4.79 Å². The molecular formula is C17H27F2NO3S. The number of anilines is 1. The van der Waals surface area contributed by atoms with Crippen LogP contribution in [0.4, 0.5) is 14.5 Å². The Morgan fingerprint density at radius 1 is 1.21 bits per heavy atom. The van der Waals surface area contributed by atoms with E-state index in [1.807, 2.05) is 12.3 Å². The average molecular weight is 363 g/mol. The highest BCUT2D eigenvalue weighted by molar-refractivity contribution is 7.12. The minimum absolute atomic E-state index is 0.0425. The molecule has 1 amide bonds. The van der Waals surface area contributed by atoms with E-state index in [9.17, 15) is 18.4 Å². The van der Waals surface area contributed by atoms with E-state index in [0.717, 1.165) is 5.56 Å². The summed E-state index contributed by atoms with van der Waals surface area (Å²) in [6.45, 7) is 7.16. The van der Waals surface area contributed by atoms with E-state index < -0.39 is 11.9 Å². The van der Waals surface area contributed by atoms with Crippen molar-refractivity contribution in [2.75, 3.05) is 12.4 Å². The average Bonchev–Trinajstić information content (AvgIpc) is 2.88. The van der Waals surface area contributed by atoms with Crippen LogP contribution in [0.3, 0.4) is 0 Å². The third-order valence-corrected chi connectivity index (χ3v) is 4.24. The summed E-state index contributed by atoms with van der Waals surface area (Å²) in [6, 6.07) is 0. The lowest BCUT2D eigenvalue weighted by molar-refractivity contribution is -0.115. The maximum Gasteiger partial charge on any atom is 0.350 e. The normalized spacial score (nSPS) is 10.6. The van der Waals surface area contributed by atoms with Crippen molar-refractivity contribution in [3.05, 3.63) is 15.8 Å². The minimum Gasteiger partial charge on any atom is -0.465 e. The fourth-order valence-electron chi connectivity index (χ4n) is 1.93. The van der Waals surface area contributed by atoms with Crippen molar-refractivity contribution in [1.29, 1.82) is 0 Å². The van der Waals surface area contributed by atoms with Gasteiger partial charge in [-0.2, -0.15) is 0 Å². The highest BCUT2D eigenvalue weighted by Crippen LogP contribution is 2.28. The Balaban J connectivity index is 0.000000506. The van der Waals surface area contributed by atoms with E-state index in [4.69, 9.17) is 0 Å². The summed E-state index contributed by atoms with van der Waals surface area (Å²) in [7, 11) is 1.32. The van der Waals surface area contributed by atoms with E-state index >= 15 is 0 Å². The van der Waals surface area contributed by atoms with Gasteiger partial charge in [-0.1, -0.05) is 33.6 Å². The number of methoxy groups -OCH3 is 1. The number of carbonyl (C=O) groups excluding carboxylic acids is 2. The summed E-state index contributed by atoms with van der Waals surface area (Å²) in [5.41, 5.74) is 1.45. The van der Waals surface area contributed by atoms with E-state index in [1.165, 1.54) is 18.4 Å². The lowest BCUT2D eigenvalue weighted by Gasteiger charge is -2.12. The molecule has 0 aliphatic rings. The van der Waals surface area contributed by atoms with E-state index in [1.54, 1.807) is 20.8 Å². The molecule has 0 saturated heterocycles. The highest BCUT2D eigenvalue weighted by Gasteiger charge is 2.25. The lowest BCUT2D eigenvalue weighted by atomic mass is 10.1. The predicted molar refractivity (Wildman–Crippen MR) is 94.1 cm³/mol. The molecule has 1 aromatic heterocycles. The number of halogens is 2. The summed E-state index contributed by atoms with van der Waals surface area (Å²) in [5, 5.41) is 4.51. The minimum atomic E-state index is -2.40. The van der Waals surface area contributed by atoms with Crippen LogP contribution >= 0.6 is 11.3 Å². The first-order valence-corrected chi connectivity index (χ1v) is 8.94. The van der Waals surface area contributed by atoms with Crippen LogP contribution in [0, 0.1) is 6.92 Å². The SMILES string of the molecule is CCC(=O)Nc1c(C)csc1C(=O)OC.CCCC(F)(F)CCC. The quantitative estimate of drug-likeness (QED) is 0.659. The largest absolute Gasteiger partial charge is 0.465 e. The van der Waals surface area contributed by atoms with Gasteiger partial charge in [0.2, 0.25) is 11.8 Å². The van der Waals surface area contributed by atoms with E-state index in [-0.39, 0.29) is 18.7 Å². The van der Waals surface area contributed by atoms with Crippen LogP contribution in [-0.2, 0) is 9.53 Å². The number of carbonyl (C=O) groups is 2. The number of hydrogen-bond donors (Lipinski definition) is 1. The van der Waals surface area contributed by atoms with Gasteiger partial charge in [0.05, 0.1) is 12.8 Å². The third-order valence-electron chi connectivity index (χ3n) is 3.16. The summed E-state index contributed by atoms with van der Waals surface area (Å²) in [4.78, 5) is 23.0. The van der Waals surface area contributed by atoms with Gasteiger partial charge in [0.25, 0.3) is 0 Å². The fraction of sp³-hybridized carbons (Fsp3) is 0.647. The molecule has 24 heavy (non-hydrogen) atoms. The number of aryl methyl sites for hydroxylation is 1. The molecule has 0 saturated carbocycles. The first-order chi connectivity index (χ1) is 11.2. The molecule has 1 heterocycles. The molecule has 1 N–H and O–H groups in total. The maximum absolute atomic E-state index is 12.4. The highest BCUT2D eigenvalue weighted by atomic mass is 32.1. The molecule has 0 radical (unpaired) electrons. The van der Waals surface area contributed by atoms with Gasteiger partial charge in [0.1, 0.15) is 4.88 Å². The zero-order chi connectivity index (χ0) is 18.8. The van der Waals surface area contributed by atoms with Gasteiger partial charge < -0.3 is 10.1 Å². The standard InChI is InChI=1S/C10H13NO3S.C7H14F2/c1-4-7(12)11-8-6(2)5-15-9(8)10(13)14-3;1-3-5-7(8,9)6-4-2/h5H,4H2,1-3H3,(H,11,12);3-6H2,1-2H3. The van der Waals surface area contributed by atoms with E-state index in [2.05, 4.69) is 10.1 Å².